The fraction of sp³-hybridized carbons (Fsp3) is 0.160. The second-order valence-corrected chi connectivity index (χ2v) is 7.60. The van der Waals surface area contributed by atoms with Gasteiger partial charge < -0.3 is 24.8 Å². The first-order valence-electron chi connectivity index (χ1n) is 10.9. The molecule has 0 saturated heterocycles. The minimum Gasteiger partial charge on any atom is -0.497 e. The van der Waals surface area contributed by atoms with E-state index >= 15 is 0 Å². The van der Waals surface area contributed by atoms with E-state index in [2.05, 4.69) is 49.0 Å². The molecule has 34 heavy (non-hydrogen) atoms. The Morgan fingerprint density at radius 3 is 2.97 bits per heavy atom. The maximum atomic E-state index is 5.74. The van der Waals surface area contributed by atoms with Crippen molar-refractivity contribution in [1.82, 2.24) is 20.2 Å². The zero-order valence-electron chi connectivity index (χ0n) is 18.6. The van der Waals surface area contributed by atoms with E-state index in [1.165, 1.54) is 18.1 Å². The molecule has 3 heterocycles. The Bertz CT molecular complexity index is 1280. The van der Waals surface area contributed by atoms with E-state index in [1.54, 1.807) is 19.6 Å². The van der Waals surface area contributed by atoms with Crippen molar-refractivity contribution in [3.63, 3.8) is 0 Å². The molecule has 5 rings (SSSR count). The Balaban J connectivity index is 1.41. The third kappa shape index (κ3) is 4.78. The highest BCUT2D eigenvalue weighted by Crippen LogP contribution is 2.30. The van der Waals surface area contributed by atoms with E-state index < -0.39 is 0 Å². The second-order valence-electron chi connectivity index (χ2n) is 7.60. The maximum absolute atomic E-state index is 5.74. The van der Waals surface area contributed by atoms with Crippen molar-refractivity contribution in [3.8, 4) is 17.1 Å². The molecule has 1 atom stereocenters. The van der Waals surface area contributed by atoms with E-state index in [1.807, 2.05) is 36.4 Å². The Hall–Kier alpha value is -4.53. The molecule has 1 aliphatic carbocycles. The lowest BCUT2D eigenvalue weighted by Crippen LogP contribution is -2.27. The first kappa shape index (κ1) is 21.3. The van der Waals surface area contributed by atoms with Crippen LogP contribution in [0.4, 0.5) is 17.5 Å². The SMILES string of the molecule is COc1cccc(Nc2n[nH]c(-c3cccnc3NC(C3=CC=CCC3)C3=COC=CO3)n2)c1. The van der Waals surface area contributed by atoms with Crippen LogP contribution in [0.5, 0.6) is 5.75 Å². The van der Waals surface area contributed by atoms with E-state index in [0.29, 0.717) is 23.3 Å². The van der Waals surface area contributed by atoms with Gasteiger partial charge >= 0.3 is 0 Å². The molecule has 0 saturated carbocycles. The molecule has 1 aromatic carbocycles. The summed E-state index contributed by atoms with van der Waals surface area (Å²) in [4.78, 5) is 9.20. The van der Waals surface area contributed by atoms with E-state index in [0.717, 1.165) is 29.8 Å². The molecule has 0 amide bonds. The van der Waals surface area contributed by atoms with E-state index in [9.17, 15) is 0 Å². The summed E-state index contributed by atoms with van der Waals surface area (Å²) in [6.07, 6.45) is 14.5. The van der Waals surface area contributed by atoms with Gasteiger partial charge in [0.2, 0.25) is 5.95 Å². The average molecular weight is 457 g/mol. The van der Waals surface area contributed by atoms with Gasteiger partial charge in [-0.05, 0) is 42.7 Å². The van der Waals surface area contributed by atoms with Crippen LogP contribution in [0.3, 0.4) is 0 Å². The number of ether oxygens (including phenoxy) is 3. The Labute approximate surface area is 196 Å². The van der Waals surface area contributed by atoms with Crippen LogP contribution in [0.2, 0.25) is 0 Å². The van der Waals surface area contributed by atoms with Gasteiger partial charge in [-0.15, -0.1) is 5.10 Å². The van der Waals surface area contributed by atoms with Gasteiger partial charge in [-0.3, -0.25) is 5.10 Å². The van der Waals surface area contributed by atoms with Crippen molar-refractivity contribution in [2.75, 3.05) is 17.7 Å². The summed E-state index contributed by atoms with van der Waals surface area (Å²) in [5.74, 6) is 3.05. The first-order chi connectivity index (χ1) is 16.8. The van der Waals surface area contributed by atoms with Crippen molar-refractivity contribution in [1.29, 1.82) is 0 Å². The van der Waals surface area contributed by atoms with Gasteiger partial charge in [0.25, 0.3) is 0 Å². The molecule has 3 N–H and O–H groups in total. The number of methoxy groups -OCH3 is 1. The van der Waals surface area contributed by atoms with Crippen molar-refractivity contribution < 1.29 is 14.2 Å². The van der Waals surface area contributed by atoms with Gasteiger partial charge in [0.05, 0.1) is 12.7 Å². The average Bonchev–Trinajstić information content (AvgIpc) is 3.37. The maximum Gasteiger partial charge on any atom is 0.246 e. The predicted molar refractivity (Wildman–Crippen MR) is 129 cm³/mol. The lowest BCUT2D eigenvalue weighted by Gasteiger charge is -2.26. The van der Waals surface area contributed by atoms with Gasteiger partial charge in [-0.1, -0.05) is 24.3 Å². The third-order valence-electron chi connectivity index (χ3n) is 5.38. The number of nitrogens with zero attached hydrogens (tertiary/aromatic N) is 3. The molecule has 2 aliphatic rings. The molecule has 0 bridgehead atoms. The van der Waals surface area contributed by atoms with Crippen LogP contribution in [0.1, 0.15) is 12.8 Å². The van der Waals surface area contributed by atoms with Crippen molar-refractivity contribution in [2.45, 2.75) is 18.9 Å². The summed E-state index contributed by atoms with van der Waals surface area (Å²) in [5, 5.41) is 14.0. The number of benzene rings is 1. The summed E-state index contributed by atoms with van der Waals surface area (Å²) in [5.41, 5.74) is 2.77. The van der Waals surface area contributed by atoms with Crippen molar-refractivity contribution >= 4 is 17.5 Å². The highest BCUT2D eigenvalue weighted by Gasteiger charge is 2.25. The second kappa shape index (κ2) is 9.95. The molecule has 1 unspecified atom stereocenters. The molecule has 1 aliphatic heterocycles. The van der Waals surface area contributed by atoms with Gasteiger partial charge in [-0.25, -0.2) is 4.98 Å². The number of H-pyrrole nitrogens is 1. The van der Waals surface area contributed by atoms with Crippen LogP contribution in [-0.4, -0.2) is 33.3 Å². The minimum atomic E-state index is -0.249. The van der Waals surface area contributed by atoms with Gasteiger partial charge in [0.15, 0.2) is 11.6 Å². The Morgan fingerprint density at radius 2 is 2.15 bits per heavy atom. The third-order valence-corrected chi connectivity index (χ3v) is 5.38. The number of rotatable bonds is 8. The fourth-order valence-corrected chi connectivity index (χ4v) is 3.73. The molecule has 9 heteroatoms. The van der Waals surface area contributed by atoms with Crippen LogP contribution in [-0.2, 0) is 9.47 Å². The Kier molecular flexibility index (Phi) is 6.24. The number of anilines is 3. The molecule has 9 nitrogen and oxygen atoms in total. The normalized spacial score (nSPS) is 15.4. The van der Waals surface area contributed by atoms with Crippen LogP contribution in [0.15, 0.2) is 90.9 Å². The van der Waals surface area contributed by atoms with E-state index in [-0.39, 0.29) is 6.04 Å². The topological polar surface area (TPSA) is 106 Å². The Morgan fingerprint density at radius 1 is 1.18 bits per heavy atom. The highest BCUT2D eigenvalue weighted by molar-refractivity contribution is 5.72. The zero-order valence-corrected chi connectivity index (χ0v) is 18.6. The number of aromatic nitrogens is 4. The smallest absolute Gasteiger partial charge is 0.246 e. The fourth-order valence-electron chi connectivity index (χ4n) is 3.73. The number of pyridine rings is 1. The van der Waals surface area contributed by atoms with Gasteiger partial charge in [0.1, 0.15) is 36.4 Å². The predicted octanol–water partition coefficient (Wildman–Crippen LogP) is 5.04. The lowest BCUT2D eigenvalue weighted by atomic mass is 9.96. The number of nitrogens with one attached hydrogen (secondary N) is 3. The zero-order chi connectivity index (χ0) is 23.2. The summed E-state index contributed by atoms with van der Waals surface area (Å²) < 4.78 is 16.4. The summed E-state index contributed by atoms with van der Waals surface area (Å²) in [6.45, 7) is 0. The number of hydrogen-bond acceptors (Lipinski definition) is 8. The molecule has 2 aromatic heterocycles. The number of hydrogen-bond donors (Lipinski definition) is 3. The van der Waals surface area contributed by atoms with Crippen LogP contribution in [0, 0.1) is 0 Å². The largest absolute Gasteiger partial charge is 0.497 e. The van der Waals surface area contributed by atoms with Gasteiger partial charge in [0, 0.05) is 18.0 Å². The summed E-state index contributed by atoms with van der Waals surface area (Å²) >= 11 is 0. The van der Waals surface area contributed by atoms with E-state index in [4.69, 9.17) is 14.2 Å². The van der Waals surface area contributed by atoms with Crippen LogP contribution in [0.25, 0.3) is 11.4 Å². The first-order valence-corrected chi connectivity index (χ1v) is 10.9. The molecule has 0 radical (unpaired) electrons. The molecule has 172 valence electrons. The monoisotopic (exact) mass is 456 g/mol. The number of allylic oxidation sites excluding steroid dienone is 3. The molecule has 0 fully saturated rings. The highest BCUT2D eigenvalue weighted by atomic mass is 16.5. The molecule has 3 aromatic rings. The summed E-state index contributed by atoms with van der Waals surface area (Å²) in [6, 6.07) is 11.1. The van der Waals surface area contributed by atoms with Crippen molar-refractivity contribution in [3.05, 3.63) is 90.9 Å². The number of aromatic amines is 1. The van der Waals surface area contributed by atoms with Crippen LogP contribution < -0.4 is 15.4 Å². The van der Waals surface area contributed by atoms with Gasteiger partial charge in [-0.2, -0.15) is 4.98 Å². The molecule has 0 spiro atoms. The quantitative estimate of drug-likeness (QED) is 0.433. The lowest BCUT2D eigenvalue weighted by molar-refractivity contribution is 0.245. The van der Waals surface area contributed by atoms with Crippen molar-refractivity contribution in [2.24, 2.45) is 0 Å². The summed E-state index contributed by atoms with van der Waals surface area (Å²) in [7, 11) is 1.63. The standard InChI is InChI=1S/C25H24N6O3/c1-32-19-10-5-9-18(15-19)27-25-29-24(30-31-25)20-11-6-12-26-23(20)28-22(17-7-3-2-4-8-17)21-16-33-13-14-34-21/h2-3,5-7,9-16,22H,4,8H2,1H3,(H,26,28)(H2,27,29,30,31). The minimum absolute atomic E-state index is 0.249. The van der Waals surface area contributed by atoms with Crippen LogP contribution >= 0.6 is 0 Å². The molecular weight excluding hydrogens is 432 g/mol. The molecular formula is C25H24N6O3.